The minimum absolute atomic E-state index is 0.276. The molecular weight excluding hydrogens is 424 g/mol. The highest BCUT2D eigenvalue weighted by Gasteiger charge is 2.17. The first-order chi connectivity index (χ1) is 15.2. The first kappa shape index (κ1) is 21.5. The number of nitrogens with one attached hydrogen (secondary N) is 2. The molecule has 0 aliphatic carbocycles. The van der Waals surface area contributed by atoms with E-state index in [0.717, 1.165) is 22.6 Å². The van der Waals surface area contributed by atoms with Gasteiger partial charge in [-0.2, -0.15) is 5.10 Å². The van der Waals surface area contributed by atoms with Crippen molar-refractivity contribution >= 4 is 27.2 Å². The van der Waals surface area contributed by atoms with E-state index in [1.807, 2.05) is 45.0 Å². The zero-order valence-corrected chi connectivity index (χ0v) is 19.1. The number of nitrogens with zero attached hydrogens (tertiary/aromatic N) is 4. The van der Waals surface area contributed by atoms with E-state index in [1.165, 1.54) is 0 Å². The molecule has 4 rings (SSSR count). The van der Waals surface area contributed by atoms with Crippen molar-refractivity contribution in [2.75, 3.05) is 10.0 Å². The molecule has 9 heteroatoms. The van der Waals surface area contributed by atoms with Gasteiger partial charge in [0.2, 0.25) is 0 Å². The molecule has 0 aliphatic heterocycles. The molecule has 0 fully saturated rings. The van der Waals surface area contributed by atoms with Gasteiger partial charge in [0.15, 0.2) is 11.6 Å². The van der Waals surface area contributed by atoms with Gasteiger partial charge >= 0.3 is 0 Å². The van der Waals surface area contributed by atoms with Gasteiger partial charge in [0.05, 0.1) is 10.6 Å². The summed E-state index contributed by atoms with van der Waals surface area (Å²) in [7, 11) is -3.67. The van der Waals surface area contributed by atoms with Crippen LogP contribution >= 0.6 is 0 Å². The highest BCUT2D eigenvalue weighted by atomic mass is 32.2. The molecule has 0 atom stereocenters. The molecule has 2 heterocycles. The summed E-state index contributed by atoms with van der Waals surface area (Å²) in [6.45, 7) is 7.54. The highest BCUT2D eigenvalue weighted by molar-refractivity contribution is 7.92. The van der Waals surface area contributed by atoms with Crippen molar-refractivity contribution in [2.45, 2.75) is 32.6 Å². The van der Waals surface area contributed by atoms with Gasteiger partial charge in [-0.05, 0) is 87.4 Å². The van der Waals surface area contributed by atoms with Crippen molar-refractivity contribution in [1.82, 2.24) is 20.0 Å². The number of anilines is 3. The van der Waals surface area contributed by atoms with Crippen molar-refractivity contribution in [1.29, 1.82) is 0 Å². The van der Waals surface area contributed by atoms with Crippen LogP contribution in [-0.4, -0.2) is 28.4 Å². The Bertz CT molecular complexity index is 1360. The van der Waals surface area contributed by atoms with Crippen molar-refractivity contribution in [3.8, 4) is 5.82 Å². The van der Waals surface area contributed by atoms with Crippen LogP contribution in [-0.2, 0) is 10.0 Å². The van der Waals surface area contributed by atoms with Gasteiger partial charge in [0.25, 0.3) is 10.0 Å². The van der Waals surface area contributed by atoms with E-state index >= 15 is 0 Å². The molecule has 0 saturated carbocycles. The maximum absolute atomic E-state index is 12.8. The van der Waals surface area contributed by atoms with E-state index < -0.39 is 10.0 Å². The Labute approximate surface area is 187 Å². The molecule has 0 bridgehead atoms. The van der Waals surface area contributed by atoms with E-state index in [-0.39, 0.29) is 4.90 Å². The molecule has 0 amide bonds. The number of hydrogen-bond donors (Lipinski definition) is 2. The third kappa shape index (κ3) is 4.62. The van der Waals surface area contributed by atoms with Gasteiger partial charge in [0.1, 0.15) is 0 Å². The topological polar surface area (TPSA) is 102 Å². The summed E-state index contributed by atoms with van der Waals surface area (Å²) in [5.41, 5.74) is 4.72. The number of sulfonamides is 1. The van der Waals surface area contributed by atoms with Crippen LogP contribution in [0.4, 0.5) is 17.2 Å². The molecule has 0 unspecified atom stereocenters. The van der Waals surface area contributed by atoms with Gasteiger partial charge in [-0.25, -0.2) is 13.1 Å². The summed E-state index contributed by atoms with van der Waals surface area (Å²) in [5, 5.41) is 16.0. The van der Waals surface area contributed by atoms with Crippen LogP contribution in [0, 0.1) is 27.7 Å². The van der Waals surface area contributed by atoms with Crippen LogP contribution in [0.3, 0.4) is 0 Å². The SMILES string of the molecule is Cc1ccc(C)c(S(=O)(=O)Nc2ccc(Nc3ccc(-n4nc(C)cc4C)nn3)cc2)c1. The largest absolute Gasteiger partial charge is 0.339 e. The van der Waals surface area contributed by atoms with E-state index in [4.69, 9.17) is 0 Å². The molecule has 164 valence electrons. The van der Waals surface area contributed by atoms with Crippen molar-refractivity contribution < 1.29 is 8.42 Å². The van der Waals surface area contributed by atoms with Crippen LogP contribution in [0.5, 0.6) is 0 Å². The molecule has 2 aromatic carbocycles. The summed E-state index contributed by atoms with van der Waals surface area (Å²) in [5.74, 6) is 1.20. The van der Waals surface area contributed by atoms with Crippen LogP contribution in [0.25, 0.3) is 5.82 Å². The Morgan fingerprint density at radius 3 is 2.16 bits per heavy atom. The second kappa shape index (κ2) is 8.43. The molecule has 8 nitrogen and oxygen atoms in total. The predicted molar refractivity (Wildman–Crippen MR) is 125 cm³/mol. The van der Waals surface area contributed by atoms with Crippen LogP contribution < -0.4 is 10.0 Å². The normalized spacial score (nSPS) is 11.4. The summed E-state index contributed by atoms with van der Waals surface area (Å²) in [4.78, 5) is 0.276. The Balaban J connectivity index is 1.46. The fraction of sp³-hybridized carbons (Fsp3) is 0.174. The molecule has 2 aromatic heterocycles. The number of aryl methyl sites for hydroxylation is 4. The van der Waals surface area contributed by atoms with Crippen LogP contribution in [0.1, 0.15) is 22.5 Å². The summed E-state index contributed by atoms with van der Waals surface area (Å²) in [6.07, 6.45) is 0. The fourth-order valence-corrected chi connectivity index (χ4v) is 4.73. The lowest BCUT2D eigenvalue weighted by molar-refractivity contribution is 0.600. The van der Waals surface area contributed by atoms with Gasteiger partial charge < -0.3 is 5.32 Å². The quantitative estimate of drug-likeness (QED) is 0.452. The second-order valence-corrected chi connectivity index (χ2v) is 9.34. The minimum atomic E-state index is -3.67. The third-order valence-corrected chi connectivity index (χ3v) is 6.44. The number of aromatic nitrogens is 4. The molecular formula is C23H24N6O2S. The third-order valence-electron chi connectivity index (χ3n) is 4.92. The first-order valence-corrected chi connectivity index (χ1v) is 11.5. The molecule has 0 radical (unpaired) electrons. The Hall–Kier alpha value is -3.72. The highest BCUT2D eigenvalue weighted by Crippen LogP contribution is 2.23. The zero-order chi connectivity index (χ0) is 22.9. The molecule has 0 spiro atoms. The summed E-state index contributed by atoms with van der Waals surface area (Å²) in [6, 6.07) is 17.9. The number of benzene rings is 2. The smallest absolute Gasteiger partial charge is 0.262 e. The standard InChI is InChI=1S/C23H24N6O2S/c1-15-5-6-16(2)21(13-15)32(30,31)28-20-9-7-19(8-10-20)24-22-11-12-23(26-25-22)29-18(4)14-17(3)27-29/h5-14,28H,1-4H3,(H,24,25). The molecule has 0 saturated heterocycles. The van der Waals surface area contributed by atoms with E-state index in [1.54, 1.807) is 48.0 Å². The lowest BCUT2D eigenvalue weighted by Gasteiger charge is -2.12. The van der Waals surface area contributed by atoms with Gasteiger partial charge in [-0.15, -0.1) is 10.2 Å². The van der Waals surface area contributed by atoms with Gasteiger partial charge in [0, 0.05) is 17.1 Å². The average Bonchev–Trinajstić information content (AvgIpc) is 3.09. The monoisotopic (exact) mass is 448 g/mol. The Morgan fingerprint density at radius 2 is 1.53 bits per heavy atom. The Kier molecular flexibility index (Phi) is 5.67. The molecule has 32 heavy (non-hydrogen) atoms. The summed E-state index contributed by atoms with van der Waals surface area (Å²) < 4.78 is 29.9. The maximum Gasteiger partial charge on any atom is 0.262 e. The number of rotatable bonds is 6. The Morgan fingerprint density at radius 1 is 0.812 bits per heavy atom. The van der Waals surface area contributed by atoms with E-state index in [0.29, 0.717) is 22.9 Å². The lowest BCUT2D eigenvalue weighted by Crippen LogP contribution is -2.14. The van der Waals surface area contributed by atoms with E-state index in [2.05, 4.69) is 25.3 Å². The van der Waals surface area contributed by atoms with Gasteiger partial charge in [-0.1, -0.05) is 12.1 Å². The zero-order valence-electron chi connectivity index (χ0n) is 18.3. The first-order valence-electron chi connectivity index (χ1n) is 10.1. The minimum Gasteiger partial charge on any atom is -0.339 e. The summed E-state index contributed by atoms with van der Waals surface area (Å²) >= 11 is 0. The molecule has 0 aliphatic rings. The average molecular weight is 449 g/mol. The predicted octanol–water partition coefficient (Wildman–Crippen LogP) is 4.44. The van der Waals surface area contributed by atoms with Crippen molar-refractivity contribution in [3.05, 3.63) is 83.2 Å². The molecule has 4 aromatic rings. The second-order valence-electron chi connectivity index (χ2n) is 7.69. The lowest BCUT2D eigenvalue weighted by atomic mass is 10.2. The number of hydrogen-bond acceptors (Lipinski definition) is 6. The molecule has 2 N–H and O–H groups in total. The van der Waals surface area contributed by atoms with Crippen molar-refractivity contribution in [3.63, 3.8) is 0 Å². The van der Waals surface area contributed by atoms with Gasteiger partial charge in [-0.3, -0.25) is 4.72 Å². The van der Waals surface area contributed by atoms with Crippen LogP contribution in [0.2, 0.25) is 0 Å². The fourth-order valence-electron chi connectivity index (χ4n) is 3.34. The maximum atomic E-state index is 12.8. The van der Waals surface area contributed by atoms with E-state index in [9.17, 15) is 8.42 Å². The van der Waals surface area contributed by atoms with Crippen LogP contribution in [0.15, 0.2) is 65.6 Å². The van der Waals surface area contributed by atoms with Crippen molar-refractivity contribution in [2.24, 2.45) is 0 Å².